The van der Waals surface area contributed by atoms with Crippen LogP contribution in [0.3, 0.4) is 0 Å². The van der Waals surface area contributed by atoms with Gasteiger partial charge in [-0.1, -0.05) is 18.9 Å². The normalized spacial score (nSPS) is 23.7. The minimum absolute atomic E-state index is 0.279. The number of benzene rings is 1. The molecular formula is C15H23NO2. The quantitative estimate of drug-likeness (QED) is 0.892. The van der Waals surface area contributed by atoms with E-state index in [1.807, 2.05) is 13.0 Å². The molecule has 3 heteroatoms. The molecule has 1 aromatic carbocycles. The van der Waals surface area contributed by atoms with Crippen molar-refractivity contribution >= 4 is 0 Å². The molecule has 1 aliphatic carbocycles. The number of hydrogen-bond acceptors (Lipinski definition) is 3. The first kappa shape index (κ1) is 13.2. The van der Waals surface area contributed by atoms with Crippen LogP contribution in [0.2, 0.25) is 0 Å². The summed E-state index contributed by atoms with van der Waals surface area (Å²) in [6.45, 7) is 2.63. The van der Waals surface area contributed by atoms with E-state index in [0.29, 0.717) is 12.5 Å². The van der Waals surface area contributed by atoms with E-state index >= 15 is 0 Å². The summed E-state index contributed by atoms with van der Waals surface area (Å²) < 4.78 is 10.9. The van der Waals surface area contributed by atoms with Crippen LogP contribution in [-0.4, -0.2) is 19.8 Å². The van der Waals surface area contributed by atoms with Gasteiger partial charge in [0.25, 0.3) is 0 Å². The van der Waals surface area contributed by atoms with Gasteiger partial charge in [-0.2, -0.15) is 0 Å². The van der Waals surface area contributed by atoms with Gasteiger partial charge in [0.1, 0.15) is 0 Å². The average molecular weight is 249 g/mol. The number of rotatable bonds is 4. The predicted molar refractivity (Wildman–Crippen MR) is 73.3 cm³/mol. The van der Waals surface area contributed by atoms with Gasteiger partial charge < -0.3 is 15.2 Å². The topological polar surface area (TPSA) is 44.5 Å². The second-order valence-electron chi connectivity index (χ2n) is 4.90. The van der Waals surface area contributed by atoms with Crippen LogP contribution in [0.15, 0.2) is 18.2 Å². The molecule has 0 saturated heterocycles. The molecule has 1 fully saturated rings. The molecule has 0 amide bonds. The SMILES string of the molecule is CCOc1ccc([C@@H]2CCCC[C@@H]2N)cc1OC. The monoisotopic (exact) mass is 249 g/mol. The standard InChI is InChI=1S/C15H23NO2/c1-3-18-14-9-8-11(10-15(14)17-2)12-6-4-5-7-13(12)16/h8-10,12-13H,3-7,16H2,1-2H3/t12-,13-/m0/s1. The van der Waals surface area contributed by atoms with Crippen LogP contribution >= 0.6 is 0 Å². The van der Waals surface area contributed by atoms with E-state index in [-0.39, 0.29) is 6.04 Å². The Labute approximate surface area is 109 Å². The molecule has 1 aliphatic rings. The van der Waals surface area contributed by atoms with E-state index in [4.69, 9.17) is 15.2 Å². The van der Waals surface area contributed by atoms with Crippen LogP contribution in [0, 0.1) is 0 Å². The molecule has 1 saturated carbocycles. The molecule has 2 rings (SSSR count). The maximum absolute atomic E-state index is 6.23. The summed E-state index contributed by atoms with van der Waals surface area (Å²) in [5.41, 5.74) is 7.51. The summed E-state index contributed by atoms with van der Waals surface area (Å²) in [6.07, 6.45) is 4.83. The van der Waals surface area contributed by atoms with E-state index in [1.54, 1.807) is 7.11 Å². The van der Waals surface area contributed by atoms with E-state index in [1.165, 1.54) is 24.8 Å². The minimum Gasteiger partial charge on any atom is -0.493 e. The highest BCUT2D eigenvalue weighted by Gasteiger charge is 2.24. The van der Waals surface area contributed by atoms with Crippen molar-refractivity contribution in [2.45, 2.75) is 44.6 Å². The maximum Gasteiger partial charge on any atom is 0.161 e. The van der Waals surface area contributed by atoms with Crippen LogP contribution in [0.1, 0.15) is 44.1 Å². The van der Waals surface area contributed by atoms with Gasteiger partial charge >= 0.3 is 0 Å². The Morgan fingerprint density at radius 1 is 1.22 bits per heavy atom. The lowest BCUT2D eigenvalue weighted by Gasteiger charge is -2.29. The third-order valence-corrected chi connectivity index (χ3v) is 3.74. The highest BCUT2D eigenvalue weighted by atomic mass is 16.5. The van der Waals surface area contributed by atoms with Gasteiger partial charge in [0.2, 0.25) is 0 Å². The molecule has 0 spiro atoms. The third-order valence-electron chi connectivity index (χ3n) is 3.74. The second kappa shape index (κ2) is 6.10. The van der Waals surface area contributed by atoms with Gasteiger partial charge in [-0.05, 0) is 43.4 Å². The van der Waals surface area contributed by atoms with Crippen molar-refractivity contribution in [2.24, 2.45) is 5.73 Å². The summed E-state index contributed by atoms with van der Waals surface area (Å²) in [7, 11) is 1.68. The Balaban J connectivity index is 2.23. The zero-order valence-electron chi connectivity index (χ0n) is 11.3. The molecule has 0 unspecified atom stereocenters. The van der Waals surface area contributed by atoms with E-state index < -0.39 is 0 Å². The van der Waals surface area contributed by atoms with Gasteiger partial charge in [0.05, 0.1) is 13.7 Å². The Hall–Kier alpha value is -1.22. The average Bonchev–Trinajstić information content (AvgIpc) is 2.40. The first-order valence-electron chi connectivity index (χ1n) is 6.82. The van der Waals surface area contributed by atoms with E-state index in [0.717, 1.165) is 17.9 Å². The van der Waals surface area contributed by atoms with E-state index in [9.17, 15) is 0 Å². The van der Waals surface area contributed by atoms with Gasteiger partial charge in [-0.25, -0.2) is 0 Å². The largest absolute Gasteiger partial charge is 0.493 e. The van der Waals surface area contributed by atoms with Crippen LogP contribution in [0.25, 0.3) is 0 Å². The molecule has 0 bridgehead atoms. The first-order valence-corrected chi connectivity index (χ1v) is 6.82. The van der Waals surface area contributed by atoms with Crippen molar-refractivity contribution < 1.29 is 9.47 Å². The summed E-state index contributed by atoms with van der Waals surface area (Å²) in [6, 6.07) is 6.49. The van der Waals surface area contributed by atoms with Crippen molar-refractivity contribution in [3.63, 3.8) is 0 Å². The van der Waals surface area contributed by atoms with Gasteiger partial charge in [0, 0.05) is 6.04 Å². The molecule has 100 valence electrons. The Morgan fingerprint density at radius 2 is 2.00 bits per heavy atom. The summed E-state index contributed by atoms with van der Waals surface area (Å²) in [4.78, 5) is 0. The van der Waals surface area contributed by atoms with Crippen LogP contribution in [-0.2, 0) is 0 Å². The van der Waals surface area contributed by atoms with Gasteiger partial charge in [-0.3, -0.25) is 0 Å². The zero-order valence-corrected chi connectivity index (χ0v) is 11.3. The fraction of sp³-hybridized carbons (Fsp3) is 0.600. The van der Waals surface area contributed by atoms with Crippen LogP contribution in [0.4, 0.5) is 0 Å². The summed E-state index contributed by atoms with van der Waals surface area (Å²) in [5.74, 6) is 2.09. The zero-order chi connectivity index (χ0) is 13.0. The fourth-order valence-electron chi connectivity index (χ4n) is 2.76. The smallest absolute Gasteiger partial charge is 0.161 e. The summed E-state index contributed by atoms with van der Waals surface area (Å²) >= 11 is 0. The molecule has 0 aliphatic heterocycles. The van der Waals surface area contributed by atoms with Crippen molar-refractivity contribution in [2.75, 3.05) is 13.7 Å². The van der Waals surface area contributed by atoms with Crippen LogP contribution in [0.5, 0.6) is 11.5 Å². The lowest BCUT2D eigenvalue weighted by molar-refractivity contribution is 0.309. The molecule has 3 nitrogen and oxygen atoms in total. The predicted octanol–water partition coefficient (Wildman–Crippen LogP) is 3.08. The Bertz CT molecular complexity index is 392. The number of nitrogens with two attached hydrogens (primary N) is 1. The van der Waals surface area contributed by atoms with Crippen molar-refractivity contribution in [1.82, 2.24) is 0 Å². The minimum atomic E-state index is 0.279. The van der Waals surface area contributed by atoms with Crippen molar-refractivity contribution in [3.8, 4) is 11.5 Å². The first-order chi connectivity index (χ1) is 8.76. The molecule has 1 aromatic rings. The number of hydrogen-bond donors (Lipinski definition) is 1. The number of ether oxygens (including phenoxy) is 2. The number of methoxy groups -OCH3 is 1. The van der Waals surface area contributed by atoms with Gasteiger partial charge in [0.15, 0.2) is 11.5 Å². The highest BCUT2D eigenvalue weighted by Crippen LogP contribution is 2.36. The van der Waals surface area contributed by atoms with Crippen molar-refractivity contribution in [3.05, 3.63) is 23.8 Å². The van der Waals surface area contributed by atoms with Gasteiger partial charge in [-0.15, -0.1) is 0 Å². The Morgan fingerprint density at radius 3 is 2.67 bits per heavy atom. The lowest BCUT2D eigenvalue weighted by Crippen LogP contribution is -2.31. The molecule has 2 N–H and O–H groups in total. The molecule has 0 heterocycles. The molecule has 0 aromatic heterocycles. The highest BCUT2D eigenvalue weighted by molar-refractivity contribution is 5.44. The maximum atomic E-state index is 6.23. The van der Waals surface area contributed by atoms with E-state index in [2.05, 4.69) is 12.1 Å². The molecular weight excluding hydrogens is 226 g/mol. The van der Waals surface area contributed by atoms with Crippen LogP contribution < -0.4 is 15.2 Å². The Kier molecular flexibility index (Phi) is 4.48. The second-order valence-corrected chi connectivity index (χ2v) is 4.90. The third kappa shape index (κ3) is 2.78. The molecule has 18 heavy (non-hydrogen) atoms. The van der Waals surface area contributed by atoms with Crippen molar-refractivity contribution in [1.29, 1.82) is 0 Å². The molecule has 2 atom stereocenters. The lowest BCUT2D eigenvalue weighted by atomic mass is 9.80. The fourth-order valence-corrected chi connectivity index (χ4v) is 2.76. The summed E-state index contributed by atoms with van der Waals surface area (Å²) in [5, 5.41) is 0. The molecule has 0 radical (unpaired) electrons.